The van der Waals surface area contributed by atoms with Crippen molar-refractivity contribution in [1.82, 2.24) is 20.6 Å². The van der Waals surface area contributed by atoms with E-state index in [9.17, 15) is 19.5 Å². The lowest BCUT2D eigenvalue weighted by atomic mass is 10.0. The zero-order valence-electron chi connectivity index (χ0n) is 17.3. The van der Waals surface area contributed by atoms with Crippen LogP contribution in [0, 0.1) is 0 Å². The van der Waals surface area contributed by atoms with Crippen molar-refractivity contribution in [2.75, 3.05) is 6.54 Å². The van der Waals surface area contributed by atoms with Crippen molar-refractivity contribution in [3.63, 3.8) is 0 Å². The van der Waals surface area contributed by atoms with Crippen LogP contribution < -0.4 is 22.1 Å². The molecule has 1 aromatic carbocycles. The van der Waals surface area contributed by atoms with Gasteiger partial charge in [0.25, 0.3) is 0 Å². The van der Waals surface area contributed by atoms with Gasteiger partial charge >= 0.3 is 5.97 Å². The Bertz CT molecular complexity index is 828. The Morgan fingerprint density at radius 3 is 2.35 bits per heavy atom. The molecule has 0 saturated carbocycles. The van der Waals surface area contributed by atoms with Crippen LogP contribution in [0.2, 0.25) is 0 Å². The third-order valence-corrected chi connectivity index (χ3v) is 4.80. The Labute approximate surface area is 180 Å². The lowest BCUT2D eigenvalue weighted by molar-refractivity contribution is -0.142. The van der Waals surface area contributed by atoms with E-state index < -0.39 is 35.9 Å². The van der Waals surface area contributed by atoms with Crippen molar-refractivity contribution in [3.8, 4) is 0 Å². The van der Waals surface area contributed by atoms with E-state index in [4.69, 9.17) is 11.5 Å². The highest BCUT2D eigenvalue weighted by molar-refractivity contribution is 5.92. The van der Waals surface area contributed by atoms with Crippen LogP contribution in [0.25, 0.3) is 0 Å². The Hall–Kier alpha value is -3.24. The van der Waals surface area contributed by atoms with Gasteiger partial charge in [0, 0.05) is 12.6 Å². The average molecular weight is 431 g/mol. The minimum atomic E-state index is -1.14. The number of nitrogens with one attached hydrogen (secondary N) is 3. The first-order valence-electron chi connectivity index (χ1n) is 10.2. The zero-order chi connectivity index (χ0) is 22.6. The molecule has 1 heterocycles. The van der Waals surface area contributed by atoms with Crippen molar-refractivity contribution in [1.29, 1.82) is 0 Å². The fraction of sp³-hybridized carbons (Fsp3) is 0.429. The monoisotopic (exact) mass is 430 g/mol. The van der Waals surface area contributed by atoms with Crippen LogP contribution in [-0.2, 0) is 27.2 Å². The van der Waals surface area contributed by atoms with Gasteiger partial charge in [-0.05, 0) is 37.8 Å². The lowest BCUT2D eigenvalue weighted by Gasteiger charge is -2.22. The third-order valence-electron chi connectivity index (χ3n) is 4.80. The molecule has 1 aromatic heterocycles. The van der Waals surface area contributed by atoms with Crippen LogP contribution in [0.1, 0.15) is 30.5 Å². The number of imidazole rings is 1. The number of aromatic amines is 1. The summed E-state index contributed by atoms with van der Waals surface area (Å²) in [6.45, 7) is 0.442. The number of nitrogens with two attached hydrogens (primary N) is 2. The van der Waals surface area contributed by atoms with Crippen molar-refractivity contribution >= 4 is 17.8 Å². The van der Waals surface area contributed by atoms with Crippen molar-refractivity contribution < 1.29 is 19.5 Å². The maximum atomic E-state index is 12.8. The molecule has 0 unspecified atom stereocenters. The number of hydrogen-bond acceptors (Lipinski definition) is 6. The van der Waals surface area contributed by atoms with Gasteiger partial charge in [-0.2, -0.15) is 0 Å². The van der Waals surface area contributed by atoms with Gasteiger partial charge in [-0.15, -0.1) is 0 Å². The number of nitrogens with zero attached hydrogens (tertiary/aromatic N) is 1. The normalized spacial score (nSPS) is 13.7. The van der Waals surface area contributed by atoms with E-state index >= 15 is 0 Å². The van der Waals surface area contributed by atoms with Gasteiger partial charge < -0.3 is 32.2 Å². The second kappa shape index (κ2) is 12.5. The number of aromatic nitrogens is 2. The first-order chi connectivity index (χ1) is 14.9. The lowest BCUT2D eigenvalue weighted by Crippen LogP contribution is -2.55. The molecule has 10 heteroatoms. The molecule has 0 radical (unpaired) electrons. The number of rotatable bonds is 13. The van der Waals surface area contributed by atoms with Gasteiger partial charge in [0.1, 0.15) is 12.1 Å². The molecule has 8 N–H and O–H groups in total. The van der Waals surface area contributed by atoms with E-state index in [2.05, 4.69) is 20.6 Å². The average Bonchev–Trinajstić information content (AvgIpc) is 3.26. The number of aliphatic carboxylic acids is 1. The number of hydrogen-bond donors (Lipinski definition) is 6. The van der Waals surface area contributed by atoms with Crippen molar-refractivity contribution in [2.24, 2.45) is 11.5 Å². The number of carbonyl (C=O) groups is 3. The van der Waals surface area contributed by atoms with E-state index in [1.807, 2.05) is 30.3 Å². The standard InChI is InChI=1S/C21H30N6O4/c22-9-5-4-8-17(21(30)31)26-20(29)18(11-15-12-24-13-25-15)27-19(28)16(23)10-14-6-2-1-3-7-14/h1-3,6-7,12-13,16-18H,4-5,8-11,22-23H2,(H,24,25)(H,26,29)(H,27,28)(H,30,31)/t16-,17-,18-/m0/s1. The molecule has 3 atom stereocenters. The molecule has 0 saturated heterocycles. The molecule has 0 spiro atoms. The molecule has 31 heavy (non-hydrogen) atoms. The smallest absolute Gasteiger partial charge is 0.326 e. The minimum Gasteiger partial charge on any atom is -0.480 e. The largest absolute Gasteiger partial charge is 0.480 e. The highest BCUT2D eigenvalue weighted by Crippen LogP contribution is 2.06. The van der Waals surface area contributed by atoms with Crippen LogP contribution in [-0.4, -0.2) is 57.5 Å². The SMILES string of the molecule is NCCCC[C@H](NC(=O)[C@H](Cc1c[nH]cn1)NC(=O)[C@@H](N)Cc1ccccc1)C(=O)O. The second-order valence-corrected chi connectivity index (χ2v) is 7.31. The van der Waals surface area contributed by atoms with Gasteiger partial charge in [-0.3, -0.25) is 9.59 Å². The van der Waals surface area contributed by atoms with E-state index in [1.54, 1.807) is 6.20 Å². The summed E-state index contributed by atoms with van der Waals surface area (Å²) in [7, 11) is 0. The van der Waals surface area contributed by atoms with E-state index in [0.717, 1.165) is 5.56 Å². The number of H-pyrrole nitrogens is 1. The summed E-state index contributed by atoms with van der Waals surface area (Å²) in [5, 5.41) is 14.6. The van der Waals surface area contributed by atoms with Gasteiger partial charge in [0.2, 0.25) is 11.8 Å². The summed E-state index contributed by atoms with van der Waals surface area (Å²) in [6, 6.07) is 6.33. The Morgan fingerprint density at radius 1 is 1.03 bits per heavy atom. The van der Waals surface area contributed by atoms with E-state index in [1.165, 1.54) is 6.33 Å². The van der Waals surface area contributed by atoms with Crippen molar-refractivity contribution in [2.45, 2.75) is 50.2 Å². The highest BCUT2D eigenvalue weighted by atomic mass is 16.4. The molecule has 0 aliphatic carbocycles. The Kier molecular flexibility index (Phi) is 9.66. The topological polar surface area (TPSA) is 176 Å². The maximum absolute atomic E-state index is 12.8. The van der Waals surface area contributed by atoms with Crippen LogP contribution in [0.15, 0.2) is 42.9 Å². The Morgan fingerprint density at radius 2 is 1.74 bits per heavy atom. The molecule has 0 aliphatic rings. The molecule has 168 valence electrons. The number of amides is 2. The molecular weight excluding hydrogens is 400 g/mol. The van der Waals surface area contributed by atoms with Gasteiger partial charge in [-0.25, -0.2) is 9.78 Å². The fourth-order valence-corrected chi connectivity index (χ4v) is 3.08. The number of benzene rings is 1. The fourth-order valence-electron chi connectivity index (χ4n) is 3.08. The summed E-state index contributed by atoms with van der Waals surface area (Å²) in [6.07, 6.45) is 4.92. The molecule has 0 bridgehead atoms. The van der Waals surface area contributed by atoms with Crippen LogP contribution in [0.4, 0.5) is 0 Å². The predicted molar refractivity (Wildman–Crippen MR) is 115 cm³/mol. The molecule has 2 aromatic rings. The molecule has 10 nitrogen and oxygen atoms in total. The second-order valence-electron chi connectivity index (χ2n) is 7.31. The number of carbonyl (C=O) groups excluding carboxylic acids is 2. The highest BCUT2D eigenvalue weighted by Gasteiger charge is 2.28. The third kappa shape index (κ3) is 8.19. The van der Waals surface area contributed by atoms with E-state index in [0.29, 0.717) is 31.5 Å². The first-order valence-corrected chi connectivity index (χ1v) is 10.2. The van der Waals surface area contributed by atoms with E-state index in [-0.39, 0.29) is 12.8 Å². The maximum Gasteiger partial charge on any atom is 0.326 e. The zero-order valence-corrected chi connectivity index (χ0v) is 17.3. The van der Waals surface area contributed by atoms with Crippen LogP contribution in [0.5, 0.6) is 0 Å². The minimum absolute atomic E-state index is 0.0915. The summed E-state index contributed by atoms with van der Waals surface area (Å²) in [5.74, 6) is -2.26. The summed E-state index contributed by atoms with van der Waals surface area (Å²) >= 11 is 0. The van der Waals surface area contributed by atoms with Gasteiger partial charge in [-0.1, -0.05) is 30.3 Å². The molecule has 0 fully saturated rings. The van der Waals surface area contributed by atoms with Crippen LogP contribution >= 0.6 is 0 Å². The predicted octanol–water partition coefficient (Wildman–Crippen LogP) is -0.295. The van der Waals surface area contributed by atoms with Crippen LogP contribution in [0.3, 0.4) is 0 Å². The quantitative estimate of drug-likeness (QED) is 0.236. The van der Waals surface area contributed by atoms with Gasteiger partial charge in [0.15, 0.2) is 0 Å². The van der Waals surface area contributed by atoms with Crippen molar-refractivity contribution in [3.05, 3.63) is 54.1 Å². The summed E-state index contributed by atoms with van der Waals surface area (Å²) < 4.78 is 0. The number of carboxylic acid groups (broad SMARTS) is 1. The first kappa shape index (κ1) is 24.0. The molecule has 2 amide bonds. The summed E-state index contributed by atoms with van der Waals surface area (Å²) in [5.41, 5.74) is 12.9. The number of unbranched alkanes of at least 4 members (excludes halogenated alkanes) is 1. The van der Waals surface area contributed by atoms with Gasteiger partial charge in [0.05, 0.1) is 18.1 Å². The number of carboxylic acids is 1. The molecule has 0 aliphatic heterocycles. The summed E-state index contributed by atoms with van der Waals surface area (Å²) in [4.78, 5) is 43.9. The molecule has 2 rings (SSSR count). The molecular formula is C21H30N6O4. The Balaban J connectivity index is 2.05.